The molecule has 0 aromatic rings. The van der Waals surface area contributed by atoms with Crippen molar-refractivity contribution in [2.75, 3.05) is 19.6 Å². The lowest BCUT2D eigenvalue weighted by Crippen LogP contribution is -2.30. The highest BCUT2D eigenvalue weighted by atomic mass is 15.2. The molecule has 3 nitrogen and oxygen atoms in total. The van der Waals surface area contributed by atoms with E-state index in [1.807, 2.05) is 6.92 Å². The van der Waals surface area contributed by atoms with Crippen LogP contribution in [0.3, 0.4) is 0 Å². The molecule has 1 aliphatic heterocycles. The summed E-state index contributed by atoms with van der Waals surface area (Å²) in [5, 5.41) is 8.62. The minimum absolute atomic E-state index is 0.127. The summed E-state index contributed by atoms with van der Waals surface area (Å²) in [6.45, 7) is 6.99. The molecule has 3 unspecified atom stereocenters. The summed E-state index contributed by atoms with van der Waals surface area (Å²) in [6.07, 6.45) is 0. The van der Waals surface area contributed by atoms with E-state index in [1.54, 1.807) is 0 Å². The second kappa shape index (κ2) is 3.88. The normalized spacial score (nSPS) is 33.2. The van der Waals surface area contributed by atoms with Gasteiger partial charge in [0.1, 0.15) is 0 Å². The Labute approximate surface area is 74.1 Å². The van der Waals surface area contributed by atoms with Crippen molar-refractivity contribution in [1.29, 1.82) is 5.26 Å². The van der Waals surface area contributed by atoms with Crippen LogP contribution in [0.25, 0.3) is 0 Å². The average Bonchev–Trinajstić information content (AvgIpc) is 2.31. The van der Waals surface area contributed by atoms with Gasteiger partial charge in [-0.1, -0.05) is 6.92 Å². The van der Waals surface area contributed by atoms with E-state index in [0.717, 1.165) is 19.6 Å². The van der Waals surface area contributed by atoms with E-state index in [1.165, 1.54) is 0 Å². The Morgan fingerprint density at radius 2 is 2.33 bits per heavy atom. The fourth-order valence-electron chi connectivity index (χ4n) is 1.67. The van der Waals surface area contributed by atoms with Crippen molar-refractivity contribution in [2.24, 2.45) is 17.6 Å². The molecule has 1 aliphatic rings. The average molecular weight is 167 g/mol. The molecule has 0 aromatic heterocycles. The lowest BCUT2D eigenvalue weighted by molar-refractivity contribution is 0.303. The smallest absolute Gasteiger partial charge is 0.0666 e. The van der Waals surface area contributed by atoms with Gasteiger partial charge in [-0.3, -0.25) is 0 Å². The lowest BCUT2D eigenvalue weighted by atomic mass is 10.1. The number of hydrogen-bond acceptors (Lipinski definition) is 3. The fraction of sp³-hybridized carbons (Fsp3) is 0.889. The second-order valence-corrected chi connectivity index (χ2v) is 3.89. The monoisotopic (exact) mass is 167 g/mol. The van der Waals surface area contributed by atoms with Crippen molar-refractivity contribution in [3.05, 3.63) is 0 Å². The predicted octanol–water partition coefficient (Wildman–Crippen LogP) is 0.425. The molecule has 3 heteroatoms. The highest BCUT2D eigenvalue weighted by Crippen LogP contribution is 2.15. The zero-order valence-electron chi connectivity index (χ0n) is 7.83. The highest BCUT2D eigenvalue weighted by Gasteiger charge is 2.26. The first-order chi connectivity index (χ1) is 5.63. The molecular weight excluding hydrogens is 150 g/mol. The third-order valence-electron chi connectivity index (χ3n) is 2.50. The molecule has 0 aromatic carbocycles. The Morgan fingerprint density at radius 3 is 2.75 bits per heavy atom. The van der Waals surface area contributed by atoms with Crippen molar-refractivity contribution in [2.45, 2.75) is 19.9 Å². The van der Waals surface area contributed by atoms with Crippen LogP contribution in [-0.4, -0.2) is 30.6 Å². The van der Waals surface area contributed by atoms with Gasteiger partial charge in [0.2, 0.25) is 0 Å². The molecular formula is C9H17N3. The summed E-state index contributed by atoms with van der Waals surface area (Å²) in [7, 11) is 0. The standard InChI is InChI=1S/C9H17N3/c1-7(3-10)4-12-5-8(2)9(11)6-12/h7-9H,4-6,11H2,1-2H3. The molecule has 1 rings (SSSR count). The largest absolute Gasteiger partial charge is 0.326 e. The topological polar surface area (TPSA) is 53.0 Å². The number of nitriles is 1. The Morgan fingerprint density at radius 1 is 1.67 bits per heavy atom. The van der Waals surface area contributed by atoms with E-state index in [9.17, 15) is 0 Å². The van der Waals surface area contributed by atoms with Gasteiger partial charge in [0, 0.05) is 25.7 Å². The first kappa shape index (κ1) is 9.50. The van der Waals surface area contributed by atoms with Crippen LogP contribution in [0, 0.1) is 23.2 Å². The first-order valence-electron chi connectivity index (χ1n) is 4.51. The third-order valence-corrected chi connectivity index (χ3v) is 2.50. The predicted molar refractivity (Wildman–Crippen MR) is 48.4 cm³/mol. The van der Waals surface area contributed by atoms with Crippen molar-refractivity contribution >= 4 is 0 Å². The molecule has 2 N–H and O–H groups in total. The van der Waals surface area contributed by atoms with Crippen LogP contribution >= 0.6 is 0 Å². The molecule has 0 amide bonds. The maximum absolute atomic E-state index is 8.62. The van der Waals surface area contributed by atoms with Crippen molar-refractivity contribution in [3.63, 3.8) is 0 Å². The Bertz CT molecular complexity index is 175. The second-order valence-electron chi connectivity index (χ2n) is 3.89. The number of nitrogens with two attached hydrogens (primary N) is 1. The summed E-state index contributed by atoms with van der Waals surface area (Å²) in [6, 6.07) is 2.54. The molecule has 12 heavy (non-hydrogen) atoms. The van der Waals surface area contributed by atoms with Crippen molar-refractivity contribution < 1.29 is 0 Å². The van der Waals surface area contributed by atoms with E-state index in [4.69, 9.17) is 11.0 Å². The quantitative estimate of drug-likeness (QED) is 0.648. The van der Waals surface area contributed by atoms with Crippen LogP contribution in [0.1, 0.15) is 13.8 Å². The van der Waals surface area contributed by atoms with Crippen LogP contribution in [0.15, 0.2) is 0 Å². The van der Waals surface area contributed by atoms with Crippen LogP contribution in [0.2, 0.25) is 0 Å². The van der Waals surface area contributed by atoms with Gasteiger partial charge in [-0.15, -0.1) is 0 Å². The van der Waals surface area contributed by atoms with E-state index in [2.05, 4.69) is 17.9 Å². The van der Waals surface area contributed by atoms with Gasteiger partial charge in [0.25, 0.3) is 0 Å². The van der Waals surface area contributed by atoms with Crippen molar-refractivity contribution in [3.8, 4) is 6.07 Å². The van der Waals surface area contributed by atoms with Crippen molar-refractivity contribution in [1.82, 2.24) is 4.90 Å². The van der Waals surface area contributed by atoms with Crippen LogP contribution in [0.4, 0.5) is 0 Å². The molecule has 0 saturated carbocycles. The zero-order valence-corrected chi connectivity index (χ0v) is 7.83. The molecule has 68 valence electrons. The van der Waals surface area contributed by atoms with E-state index < -0.39 is 0 Å². The SMILES string of the molecule is CC(C#N)CN1CC(C)C(N)C1. The lowest BCUT2D eigenvalue weighted by Gasteiger charge is -2.15. The van der Waals surface area contributed by atoms with Gasteiger partial charge < -0.3 is 10.6 Å². The summed E-state index contributed by atoms with van der Waals surface area (Å²) in [5.41, 5.74) is 5.86. The van der Waals surface area contributed by atoms with Crippen LogP contribution in [-0.2, 0) is 0 Å². The molecule has 0 aliphatic carbocycles. The highest BCUT2D eigenvalue weighted by molar-refractivity contribution is 4.88. The summed E-state index contributed by atoms with van der Waals surface area (Å²) in [5.74, 6) is 0.707. The van der Waals surface area contributed by atoms with E-state index >= 15 is 0 Å². The molecule has 0 radical (unpaired) electrons. The van der Waals surface area contributed by atoms with Gasteiger partial charge in [-0.25, -0.2) is 0 Å². The number of rotatable bonds is 2. The summed E-state index contributed by atoms with van der Waals surface area (Å²) >= 11 is 0. The van der Waals surface area contributed by atoms with E-state index in [-0.39, 0.29) is 5.92 Å². The van der Waals surface area contributed by atoms with Gasteiger partial charge in [0.05, 0.1) is 12.0 Å². The first-order valence-corrected chi connectivity index (χ1v) is 4.51. The Kier molecular flexibility index (Phi) is 3.07. The molecule has 1 fully saturated rings. The van der Waals surface area contributed by atoms with Crippen LogP contribution in [0.5, 0.6) is 0 Å². The number of likely N-dealkylation sites (tertiary alicyclic amines) is 1. The van der Waals surface area contributed by atoms with E-state index in [0.29, 0.717) is 12.0 Å². The van der Waals surface area contributed by atoms with Gasteiger partial charge in [0.15, 0.2) is 0 Å². The molecule has 0 bridgehead atoms. The minimum Gasteiger partial charge on any atom is -0.326 e. The maximum Gasteiger partial charge on any atom is 0.0666 e. The molecule has 0 spiro atoms. The van der Waals surface area contributed by atoms with Gasteiger partial charge in [-0.05, 0) is 12.8 Å². The number of hydrogen-bond donors (Lipinski definition) is 1. The maximum atomic E-state index is 8.62. The Hall–Kier alpha value is -0.590. The summed E-state index contributed by atoms with van der Waals surface area (Å²) < 4.78 is 0. The van der Waals surface area contributed by atoms with Crippen LogP contribution < -0.4 is 5.73 Å². The number of nitrogens with zero attached hydrogens (tertiary/aromatic N) is 2. The minimum atomic E-state index is 0.127. The third kappa shape index (κ3) is 2.20. The van der Waals surface area contributed by atoms with Gasteiger partial charge >= 0.3 is 0 Å². The van der Waals surface area contributed by atoms with Gasteiger partial charge in [-0.2, -0.15) is 5.26 Å². The summed E-state index contributed by atoms with van der Waals surface area (Å²) in [4.78, 5) is 2.28. The molecule has 3 atom stereocenters. The molecule has 1 saturated heterocycles. The fourth-order valence-corrected chi connectivity index (χ4v) is 1.67. The Balaban J connectivity index is 2.33. The zero-order chi connectivity index (χ0) is 9.14. The molecule has 1 heterocycles.